The van der Waals surface area contributed by atoms with E-state index in [1.54, 1.807) is 18.5 Å². The third-order valence-electron chi connectivity index (χ3n) is 4.70. The number of aromatic nitrogens is 3. The first kappa shape index (κ1) is 16.6. The predicted molar refractivity (Wildman–Crippen MR) is 91.1 cm³/mol. The Bertz CT molecular complexity index is 693. The van der Waals surface area contributed by atoms with E-state index in [0.29, 0.717) is 17.5 Å². The second kappa shape index (κ2) is 7.13. The molecule has 3 rings (SSSR count). The summed E-state index contributed by atoms with van der Waals surface area (Å²) in [6, 6.07) is 7.67. The molecule has 1 fully saturated rings. The largest absolute Gasteiger partial charge is 0.478 e. The van der Waals surface area contributed by atoms with Crippen LogP contribution in [0.3, 0.4) is 0 Å². The predicted octanol–water partition coefficient (Wildman–Crippen LogP) is 2.94. The minimum Gasteiger partial charge on any atom is -0.478 e. The SMILES string of the molecule is CC(C)n1cnnc1CN1CCCC(c2ccc(C(=O)O)cc2)C1. The molecule has 2 aromatic rings. The number of carbonyl (C=O) groups is 1. The first-order valence-electron chi connectivity index (χ1n) is 8.48. The summed E-state index contributed by atoms with van der Waals surface area (Å²) in [4.78, 5) is 13.4. The lowest BCUT2D eigenvalue weighted by molar-refractivity contribution is 0.0697. The van der Waals surface area contributed by atoms with Gasteiger partial charge in [0.25, 0.3) is 0 Å². The Morgan fingerprint density at radius 3 is 2.75 bits per heavy atom. The van der Waals surface area contributed by atoms with E-state index < -0.39 is 5.97 Å². The highest BCUT2D eigenvalue weighted by atomic mass is 16.4. The molecule has 6 nitrogen and oxygen atoms in total. The summed E-state index contributed by atoms with van der Waals surface area (Å²) >= 11 is 0. The van der Waals surface area contributed by atoms with E-state index in [0.717, 1.165) is 38.3 Å². The van der Waals surface area contributed by atoms with E-state index in [4.69, 9.17) is 5.11 Å². The highest BCUT2D eigenvalue weighted by Gasteiger charge is 2.23. The van der Waals surface area contributed by atoms with Gasteiger partial charge in [-0.2, -0.15) is 0 Å². The number of nitrogens with zero attached hydrogens (tertiary/aromatic N) is 4. The summed E-state index contributed by atoms with van der Waals surface area (Å²) < 4.78 is 2.12. The van der Waals surface area contributed by atoms with Gasteiger partial charge in [0.2, 0.25) is 0 Å². The molecule has 1 aromatic heterocycles. The van der Waals surface area contributed by atoms with Gasteiger partial charge in [0.05, 0.1) is 12.1 Å². The summed E-state index contributed by atoms with van der Waals surface area (Å²) in [6.45, 7) is 7.11. The molecule has 0 radical (unpaired) electrons. The zero-order valence-corrected chi connectivity index (χ0v) is 14.2. The smallest absolute Gasteiger partial charge is 0.335 e. The normalized spacial score (nSPS) is 18.9. The van der Waals surface area contributed by atoms with Gasteiger partial charge >= 0.3 is 5.97 Å². The maximum Gasteiger partial charge on any atom is 0.335 e. The number of carboxylic acid groups (broad SMARTS) is 1. The van der Waals surface area contributed by atoms with Crippen LogP contribution in [0, 0.1) is 0 Å². The maximum atomic E-state index is 11.0. The van der Waals surface area contributed by atoms with E-state index in [1.807, 2.05) is 12.1 Å². The fourth-order valence-corrected chi connectivity index (χ4v) is 3.38. The molecule has 0 aliphatic carbocycles. The number of benzene rings is 1. The number of piperidine rings is 1. The van der Waals surface area contributed by atoms with Crippen molar-refractivity contribution < 1.29 is 9.90 Å². The van der Waals surface area contributed by atoms with Crippen LogP contribution in [0.2, 0.25) is 0 Å². The first-order chi connectivity index (χ1) is 11.5. The van der Waals surface area contributed by atoms with Crippen molar-refractivity contribution in [3.63, 3.8) is 0 Å². The molecular formula is C18H24N4O2. The lowest BCUT2D eigenvalue weighted by atomic mass is 9.90. The van der Waals surface area contributed by atoms with Gasteiger partial charge in [-0.15, -0.1) is 10.2 Å². The molecule has 1 aromatic carbocycles. The van der Waals surface area contributed by atoms with Gasteiger partial charge in [0, 0.05) is 12.6 Å². The topological polar surface area (TPSA) is 71.2 Å². The maximum absolute atomic E-state index is 11.0. The fourth-order valence-electron chi connectivity index (χ4n) is 3.38. The van der Waals surface area contributed by atoms with Gasteiger partial charge in [0.1, 0.15) is 12.2 Å². The Balaban J connectivity index is 1.68. The third-order valence-corrected chi connectivity index (χ3v) is 4.70. The van der Waals surface area contributed by atoms with Crippen LogP contribution in [0.4, 0.5) is 0 Å². The molecule has 1 aliphatic rings. The van der Waals surface area contributed by atoms with Crippen LogP contribution in [0.25, 0.3) is 0 Å². The van der Waals surface area contributed by atoms with Gasteiger partial charge in [-0.1, -0.05) is 12.1 Å². The molecule has 1 saturated heterocycles. The Kier molecular flexibility index (Phi) is 4.94. The fraction of sp³-hybridized carbons (Fsp3) is 0.500. The number of rotatable bonds is 5. The molecule has 1 aliphatic heterocycles. The molecule has 1 unspecified atom stereocenters. The van der Waals surface area contributed by atoms with Gasteiger partial charge < -0.3 is 9.67 Å². The van der Waals surface area contributed by atoms with Crippen LogP contribution in [0.15, 0.2) is 30.6 Å². The summed E-state index contributed by atoms with van der Waals surface area (Å²) in [5, 5.41) is 17.3. The molecule has 128 valence electrons. The van der Waals surface area contributed by atoms with Gasteiger partial charge in [-0.3, -0.25) is 4.90 Å². The molecule has 2 heterocycles. The Labute approximate surface area is 142 Å². The average Bonchev–Trinajstić information content (AvgIpc) is 3.03. The van der Waals surface area contributed by atoms with Gasteiger partial charge in [-0.05, 0) is 56.8 Å². The number of hydrogen-bond acceptors (Lipinski definition) is 4. The highest BCUT2D eigenvalue weighted by Crippen LogP contribution is 2.28. The van der Waals surface area contributed by atoms with Gasteiger partial charge in [-0.25, -0.2) is 4.79 Å². The molecular weight excluding hydrogens is 304 g/mol. The summed E-state index contributed by atoms with van der Waals surface area (Å²) in [5.74, 6) is 0.573. The van der Waals surface area contributed by atoms with Crippen molar-refractivity contribution in [2.75, 3.05) is 13.1 Å². The standard InChI is InChI=1S/C18H24N4O2/c1-13(2)22-12-19-20-17(22)11-21-9-3-4-16(10-21)14-5-7-15(8-6-14)18(23)24/h5-8,12-13,16H,3-4,9-11H2,1-2H3,(H,23,24). The van der Waals surface area contributed by atoms with Crippen LogP contribution in [0.5, 0.6) is 0 Å². The summed E-state index contributed by atoms with van der Waals surface area (Å²) in [6.07, 6.45) is 4.08. The zero-order chi connectivity index (χ0) is 17.1. The third kappa shape index (κ3) is 3.64. The molecule has 1 N–H and O–H groups in total. The van der Waals surface area contributed by atoms with Crippen molar-refractivity contribution >= 4 is 5.97 Å². The monoisotopic (exact) mass is 328 g/mol. The molecule has 6 heteroatoms. The first-order valence-corrected chi connectivity index (χ1v) is 8.48. The molecule has 24 heavy (non-hydrogen) atoms. The van der Waals surface area contributed by atoms with Crippen LogP contribution < -0.4 is 0 Å². The lowest BCUT2D eigenvalue weighted by Gasteiger charge is -2.32. The van der Waals surface area contributed by atoms with E-state index in [1.165, 1.54) is 5.56 Å². The molecule has 0 bridgehead atoms. The molecule has 0 saturated carbocycles. The van der Waals surface area contributed by atoms with E-state index >= 15 is 0 Å². The lowest BCUT2D eigenvalue weighted by Crippen LogP contribution is -2.34. The van der Waals surface area contributed by atoms with Crippen LogP contribution in [-0.4, -0.2) is 43.8 Å². The van der Waals surface area contributed by atoms with Crippen LogP contribution in [0.1, 0.15) is 60.4 Å². The van der Waals surface area contributed by atoms with Crippen molar-refractivity contribution in [3.8, 4) is 0 Å². The average molecular weight is 328 g/mol. The minimum atomic E-state index is -0.875. The Hall–Kier alpha value is -2.21. The quantitative estimate of drug-likeness (QED) is 0.914. The second-order valence-electron chi connectivity index (χ2n) is 6.75. The Morgan fingerprint density at radius 1 is 1.33 bits per heavy atom. The molecule has 1 atom stereocenters. The van der Waals surface area contributed by atoms with Crippen molar-refractivity contribution in [3.05, 3.63) is 47.5 Å². The molecule has 0 amide bonds. The highest BCUT2D eigenvalue weighted by molar-refractivity contribution is 5.87. The number of aromatic carboxylic acids is 1. The number of likely N-dealkylation sites (tertiary alicyclic amines) is 1. The summed E-state index contributed by atoms with van der Waals surface area (Å²) in [5.41, 5.74) is 1.56. The van der Waals surface area contributed by atoms with Crippen molar-refractivity contribution in [2.24, 2.45) is 0 Å². The zero-order valence-electron chi connectivity index (χ0n) is 14.2. The number of hydrogen-bond donors (Lipinski definition) is 1. The van der Waals surface area contributed by atoms with E-state index in [-0.39, 0.29) is 0 Å². The van der Waals surface area contributed by atoms with Crippen molar-refractivity contribution in [1.82, 2.24) is 19.7 Å². The van der Waals surface area contributed by atoms with E-state index in [9.17, 15) is 4.79 Å². The van der Waals surface area contributed by atoms with Crippen LogP contribution >= 0.6 is 0 Å². The van der Waals surface area contributed by atoms with E-state index in [2.05, 4.69) is 33.5 Å². The second-order valence-corrected chi connectivity index (χ2v) is 6.75. The minimum absolute atomic E-state index is 0.344. The van der Waals surface area contributed by atoms with Crippen molar-refractivity contribution in [1.29, 1.82) is 0 Å². The van der Waals surface area contributed by atoms with Crippen molar-refractivity contribution in [2.45, 2.75) is 45.2 Å². The van der Waals surface area contributed by atoms with Gasteiger partial charge in [0.15, 0.2) is 0 Å². The number of carboxylic acids is 1. The van der Waals surface area contributed by atoms with Crippen LogP contribution in [-0.2, 0) is 6.54 Å². The molecule has 0 spiro atoms. The summed E-state index contributed by atoms with van der Waals surface area (Å²) in [7, 11) is 0. The Morgan fingerprint density at radius 2 is 2.08 bits per heavy atom.